The van der Waals surface area contributed by atoms with Crippen LogP contribution in [0.3, 0.4) is 0 Å². The highest BCUT2D eigenvalue weighted by molar-refractivity contribution is 7.99. The highest BCUT2D eigenvalue weighted by atomic mass is 32.2. The minimum absolute atomic E-state index is 0.169. The maximum Gasteiger partial charge on any atom is 0.240 e. The number of fused-ring (bicyclic) bond motifs is 1. The van der Waals surface area contributed by atoms with Crippen molar-refractivity contribution in [1.82, 2.24) is 4.90 Å². The zero-order valence-corrected chi connectivity index (χ0v) is 7.85. The van der Waals surface area contributed by atoms with E-state index >= 15 is 0 Å². The molecule has 12 heavy (non-hydrogen) atoms. The summed E-state index contributed by atoms with van der Waals surface area (Å²) in [7, 11) is 0. The summed E-state index contributed by atoms with van der Waals surface area (Å²) >= 11 is 1.89. The van der Waals surface area contributed by atoms with Crippen molar-refractivity contribution < 1.29 is 4.79 Å². The van der Waals surface area contributed by atoms with Gasteiger partial charge in [0.1, 0.15) is 0 Å². The van der Waals surface area contributed by atoms with Crippen LogP contribution >= 0.6 is 11.8 Å². The van der Waals surface area contributed by atoms with Crippen molar-refractivity contribution in [1.29, 1.82) is 0 Å². The monoisotopic (exact) mass is 186 g/mol. The highest BCUT2D eigenvalue weighted by Gasteiger charge is 2.34. The average Bonchev–Trinajstić information content (AvgIpc) is 2.46. The fourth-order valence-corrected chi connectivity index (χ4v) is 3.21. The van der Waals surface area contributed by atoms with E-state index in [4.69, 9.17) is 5.73 Å². The Morgan fingerprint density at radius 3 is 3.17 bits per heavy atom. The van der Waals surface area contributed by atoms with Crippen molar-refractivity contribution in [2.24, 2.45) is 5.73 Å². The van der Waals surface area contributed by atoms with E-state index in [1.165, 1.54) is 0 Å². The molecule has 0 radical (unpaired) electrons. The van der Waals surface area contributed by atoms with Crippen LogP contribution < -0.4 is 5.73 Å². The predicted molar refractivity (Wildman–Crippen MR) is 49.8 cm³/mol. The Morgan fingerprint density at radius 1 is 1.50 bits per heavy atom. The van der Waals surface area contributed by atoms with Gasteiger partial charge in [-0.2, -0.15) is 0 Å². The lowest BCUT2D eigenvalue weighted by atomic mass is 10.2. The molecule has 2 saturated heterocycles. The van der Waals surface area contributed by atoms with Crippen LogP contribution in [0.5, 0.6) is 0 Å². The second kappa shape index (κ2) is 3.26. The number of nitrogens with zero attached hydrogens (tertiary/aromatic N) is 1. The maximum atomic E-state index is 11.6. The van der Waals surface area contributed by atoms with E-state index in [0.717, 1.165) is 31.6 Å². The van der Waals surface area contributed by atoms with Crippen molar-refractivity contribution in [3.8, 4) is 0 Å². The third-order valence-corrected chi connectivity index (χ3v) is 3.88. The molecule has 0 aliphatic carbocycles. The number of nitrogens with two attached hydrogens (primary N) is 1. The van der Waals surface area contributed by atoms with Crippen LogP contribution in [0.2, 0.25) is 0 Å². The topological polar surface area (TPSA) is 46.3 Å². The first-order valence-corrected chi connectivity index (χ1v) is 5.51. The first kappa shape index (κ1) is 8.38. The summed E-state index contributed by atoms with van der Waals surface area (Å²) in [4.78, 5) is 13.6. The number of thioether (sulfide) groups is 1. The van der Waals surface area contributed by atoms with Crippen molar-refractivity contribution in [2.75, 3.05) is 12.3 Å². The molecule has 2 atom stereocenters. The van der Waals surface area contributed by atoms with Gasteiger partial charge in [0.2, 0.25) is 5.91 Å². The minimum Gasteiger partial charge on any atom is -0.329 e. The lowest BCUT2D eigenvalue weighted by molar-refractivity contribution is -0.131. The standard InChI is InChI=1S/C8H14N2OS/c9-6-3-5-12-7-2-1-4-10(7)8(6)11/h6-7H,1-5,9H2. The highest BCUT2D eigenvalue weighted by Crippen LogP contribution is 2.30. The Morgan fingerprint density at radius 2 is 2.33 bits per heavy atom. The van der Waals surface area contributed by atoms with E-state index in [0.29, 0.717) is 5.37 Å². The molecule has 2 aliphatic rings. The van der Waals surface area contributed by atoms with Crippen LogP contribution in [-0.2, 0) is 4.79 Å². The van der Waals surface area contributed by atoms with Gasteiger partial charge in [-0.25, -0.2) is 0 Å². The van der Waals surface area contributed by atoms with Gasteiger partial charge in [-0.1, -0.05) is 0 Å². The van der Waals surface area contributed by atoms with Gasteiger partial charge in [-0.3, -0.25) is 4.79 Å². The zero-order valence-electron chi connectivity index (χ0n) is 7.03. The molecule has 2 rings (SSSR count). The first-order chi connectivity index (χ1) is 5.79. The van der Waals surface area contributed by atoms with E-state index in [1.54, 1.807) is 0 Å². The molecule has 68 valence electrons. The Labute approximate surface area is 76.7 Å². The van der Waals surface area contributed by atoms with Gasteiger partial charge in [0, 0.05) is 6.54 Å². The summed E-state index contributed by atoms with van der Waals surface area (Å²) < 4.78 is 0. The third-order valence-electron chi connectivity index (χ3n) is 2.54. The number of carbonyl (C=O) groups excluding carboxylic acids is 1. The summed E-state index contributed by atoms with van der Waals surface area (Å²) in [6.45, 7) is 0.921. The molecule has 3 nitrogen and oxygen atoms in total. The molecule has 1 amide bonds. The Balaban J connectivity index is 2.13. The lowest BCUT2D eigenvalue weighted by Gasteiger charge is -2.22. The zero-order chi connectivity index (χ0) is 8.55. The largest absolute Gasteiger partial charge is 0.329 e. The van der Waals surface area contributed by atoms with Crippen molar-refractivity contribution in [3.63, 3.8) is 0 Å². The molecular formula is C8H14N2OS. The third kappa shape index (κ3) is 1.33. The van der Waals surface area contributed by atoms with Crippen molar-refractivity contribution in [3.05, 3.63) is 0 Å². The summed E-state index contributed by atoms with van der Waals surface area (Å²) in [6, 6.07) is -0.236. The Bertz CT molecular complexity index is 197. The molecule has 0 aromatic carbocycles. The normalized spacial score (nSPS) is 36.4. The van der Waals surface area contributed by atoms with Crippen LogP contribution in [0, 0.1) is 0 Å². The van der Waals surface area contributed by atoms with E-state index in [1.807, 2.05) is 16.7 Å². The van der Waals surface area contributed by atoms with Crippen molar-refractivity contribution in [2.45, 2.75) is 30.7 Å². The fraction of sp³-hybridized carbons (Fsp3) is 0.875. The van der Waals surface area contributed by atoms with E-state index in [2.05, 4.69) is 0 Å². The first-order valence-electron chi connectivity index (χ1n) is 4.47. The molecule has 0 saturated carbocycles. The lowest BCUT2D eigenvalue weighted by Crippen LogP contribution is -2.43. The molecule has 0 aromatic rings. The summed E-state index contributed by atoms with van der Waals surface area (Å²) in [6.07, 6.45) is 3.15. The van der Waals surface area contributed by atoms with Gasteiger partial charge in [-0.05, 0) is 25.0 Å². The molecule has 0 bridgehead atoms. The van der Waals surface area contributed by atoms with Crippen LogP contribution in [0.15, 0.2) is 0 Å². The van der Waals surface area contributed by atoms with E-state index in [9.17, 15) is 4.79 Å². The second-order valence-electron chi connectivity index (χ2n) is 3.39. The van der Waals surface area contributed by atoms with Gasteiger partial charge in [0.25, 0.3) is 0 Å². The molecule has 2 fully saturated rings. The van der Waals surface area contributed by atoms with Gasteiger partial charge < -0.3 is 10.6 Å². The Kier molecular flexibility index (Phi) is 2.28. The molecule has 0 aromatic heterocycles. The van der Waals surface area contributed by atoms with Gasteiger partial charge in [-0.15, -0.1) is 11.8 Å². The second-order valence-corrected chi connectivity index (χ2v) is 4.68. The van der Waals surface area contributed by atoms with Crippen LogP contribution in [0.4, 0.5) is 0 Å². The predicted octanol–water partition coefficient (Wildman–Crippen LogP) is 0.399. The van der Waals surface area contributed by atoms with Crippen molar-refractivity contribution >= 4 is 17.7 Å². The quantitative estimate of drug-likeness (QED) is 0.595. The molecule has 2 unspecified atom stereocenters. The van der Waals surface area contributed by atoms with Crippen LogP contribution in [0.1, 0.15) is 19.3 Å². The van der Waals surface area contributed by atoms with Gasteiger partial charge in [0.05, 0.1) is 11.4 Å². The molecule has 2 aliphatic heterocycles. The number of amides is 1. The smallest absolute Gasteiger partial charge is 0.240 e. The molecule has 4 heteroatoms. The average molecular weight is 186 g/mol. The van der Waals surface area contributed by atoms with Crippen LogP contribution in [-0.4, -0.2) is 34.5 Å². The van der Waals surface area contributed by atoms with Gasteiger partial charge >= 0.3 is 0 Å². The number of hydrogen-bond acceptors (Lipinski definition) is 3. The summed E-state index contributed by atoms with van der Waals surface area (Å²) in [5.41, 5.74) is 5.73. The minimum atomic E-state index is -0.236. The molecule has 2 heterocycles. The molecule has 0 spiro atoms. The Hall–Kier alpha value is -0.220. The SMILES string of the molecule is NC1CCSC2CCCN2C1=O. The molecule has 2 N–H and O–H groups in total. The fourth-order valence-electron chi connectivity index (χ4n) is 1.83. The van der Waals surface area contributed by atoms with Gasteiger partial charge in [0.15, 0.2) is 0 Å². The summed E-state index contributed by atoms with van der Waals surface area (Å²) in [5, 5.41) is 0.436. The summed E-state index contributed by atoms with van der Waals surface area (Å²) in [5.74, 6) is 1.20. The number of carbonyl (C=O) groups is 1. The van der Waals surface area contributed by atoms with E-state index in [-0.39, 0.29) is 11.9 Å². The van der Waals surface area contributed by atoms with Crippen LogP contribution in [0.25, 0.3) is 0 Å². The maximum absolute atomic E-state index is 11.6. The number of hydrogen-bond donors (Lipinski definition) is 1. The van der Waals surface area contributed by atoms with E-state index < -0.39 is 0 Å². The molecular weight excluding hydrogens is 172 g/mol. The number of rotatable bonds is 0.